The molecule has 6 heteroatoms. The number of hydrogen-bond donors (Lipinski definition) is 2. The standard InChI is InChI=1S/C17H26N2O4/c1-4-22-14-11-13(17(14,2)3)19-15(20)8-5-9-18-16(21)12-7-6-10-23-12/h6-7,10,13-14H,4-5,8-9,11H2,1-3H3,(H,18,21)(H,19,20)/t13-,14-/m1/s1. The number of furan rings is 1. The Labute approximate surface area is 137 Å². The molecular weight excluding hydrogens is 296 g/mol. The number of rotatable bonds is 8. The number of hydrogen-bond acceptors (Lipinski definition) is 4. The summed E-state index contributed by atoms with van der Waals surface area (Å²) in [7, 11) is 0. The van der Waals surface area contributed by atoms with Crippen molar-refractivity contribution < 1.29 is 18.7 Å². The maximum absolute atomic E-state index is 12.0. The van der Waals surface area contributed by atoms with Crippen LogP contribution in [0.4, 0.5) is 0 Å². The second kappa shape index (κ2) is 7.64. The Hall–Kier alpha value is -1.82. The third-order valence-electron chi connectivity index (χ3n) is 4.49. The smallest absolute Gasteiger partial charge is 0.286 e. The fourth-order valence-corrected chi connectivity index (χ4v) is 2.83. The molecular formula is C17H26N2O4. The lowest BCUT2D eigenvalue weighted by molar-refractivity contribution is -0.136. The summed E-state index contributed by atoms with van der Waals surface area (Å²) in [6.07, 6.45) is 3.52. The molecule has 1 aromatic rings. The predicted octanol–water partition coefficient (Wildman–Crippen LogP) is 2.11. The predicted molar refractivity (Wildman–Crippen MR) is 86.0 cm³/mol. The summed E-state index contributed by atoms with van der Waals surface area (Å²) in [5, 5.41) is 5.79. The second-order valence-electron chi connectivity index (χ2n) is 6.46. The number of ether oxygens (including phenoxy) is 1. The van der Waals surface area contributed by atoms with Gasteiger partial charge in [0.05, 0.1) is 12.4 Å². The fourth-order valence-electron chi connectivity index (χ4n) is 2.83. The van der Waals surface area contributed by atoms with E-state index in [9.17, 15) is 9.59 Å². The Morgan fingerprint density at radius 1 is 1.43 bits per heavy atom. The van der Waals surface area contributed by atoms with Crippen LogP contribution in [0.3, 0.4) is 0 Å². The molecule has 2 rings (SSSR count). The molecule has 1 heterocycles. The lowest BCUT2D eigenvalue weighted by atomic mass is 9.64. The van der Waals surface area contributed by atoms with Gasteiger partial charge < -0.3 is 19.8 Å². The van der Waals surface area contributed by atoms with Crippen LogP contribution in [0, 0.1) is 5.41 Å². The average molecular weight is 322 g/mol. The molecule has 0 aromatic carbocycles. The minimum absolute atomic E-state index is 0.0188. The van der Waals surface area contributed by atoms with Crippen LogP contribution in [-0.4, -0.2) is 37.1 Å². The number of carbonyl (C=O) groups is 2. The van der Waals surface area contributed by atoms with E-state index >= 15 is 0 Å². The van der Waals surface area contributed by atoms with Crippen molar-refractivity contribution in [2.45, 2.75) is 52.2 Å². The summed E-state index contributed by atoms with van der Waals surface area (Å²) in [6.45, 7) is 7.36. The van der Waals surface area contributed by atoms with Crippen molar-refractivity contribution in [3.05, 3.63) is 24.2 Å². The lowest BCUT2D eigenvalue weighted by Crippen LogP contribution is -2.62. The van der Waals surface area contributed by atoms with Crippen LogP contribution in [-0.2, 0) is 9.53 Å². The normalized spacial score (nSPS) is 22.2. The highest BCUT2D eigenvalue weighted by molar-refractivity contribution is 5.91. The highest BCUT2D eigenvalue weighted by Crippen LogP contribution is 2.42. The zero-order chi connectivity index (χ0) is 16.9. The molecule has 23 heavy (non-hydrogen) atoms. The average Bonchev–Trinajstić information content (AvgIpc) is 3.05. The van der Waals surface area contributed by atoms with Crippen molar-refractivity contribution in [1.29, 1.82) is 0 Å². The molecule has 1 aromatic heterocycles. The molecule has 128 valence electrons. The first kappa shape index (κ1) is 17.5. The van der Waals surface area contributed by atoms with Crippen molar-refractivity contribution in [3.63, 3.8) is 0 Å². The van der Waals surface area contributed by atoms with Crippen LogP contribution in [0.1, 0.15) is 50.6 Å². The summed E-state index contributed by atoms with van der Waals surface area (Å²) < 4.78 is 10.7. The van der Waals surface area contributed by atoms with Gasteiger partial charge in [-0.1, -0.05) is 13.8 Å². The summed E-state index contributed by atoms with van der Waals surface area (Å²) in [6, 6.07) is 3.43. The molecule has 0 bridgehead atoms. The van der Waals surface area contributed by atoms with Gasteiger partial charge in [-0.15, -0.1) is 0 Å². The zero-order valence-corrected chi connectivity index (χ0v) is 14.1. The van der Waals surface area contributed by atoms with Gasteiger partial charge in [0.25, 0.3) is 5.91 Å². The van der Waals surface area contributed by atoms with E-state index in [2.05, 4.69) is 24.5 Å². The van der Waals surface area contributed by atoms with Gasteiger partial charge in [-0.3, -0.25) is 9.59 Å². The summed E-state index contributed by atoms with van der Waals surface area (Å²) in [5.74, 6) is 0.0491. The molecule has 0 unspecified atom stereocenters. The Kier molecular flexibility index (Phi) is 5.82. The van der Waals surface area contributed by atoms with Crippen LogP contribution in [0.5, 0.6) is 0 Å². The topological polar surface area (TPSA) is 80.6 Å². The molecule has 0 spiro atoms. The highest BCUT2D eigenvalue weighted by Gasteiger charge is 2.49. The van der Waals surface area contributed by atoms with Gasteiger partial charge in [-0.05, 0) is 31.9 Å². The largest absolute Gasteiger partial charge is 0.459 e. The Morgan fingerprint density at radius 2 is 2.22 bits per heavy atom. The molecule has 1 fully saturated rings. The molecule has 2 amide bonds. The van der Waals surface area contributed by atoms with Crippen LogP contribution in [0.15, 0.2) is 22.8 Å². The van der Waals surface area contributed by atoms with Gasteiger partial charge in [-0.2, -0.15) is 0 Å². The van der Waals surface area contributed by atoms with Crippen LogP contribution < -0.4 is 10.6 Å². The fraction of sp³-hybridized carbons (Fsp3) is 0.647. The number of nitrogens with one attached hydrogen (secondary N) is 2. The maximum atomic E-state index is 12.0. The summed E-state index contributed by atoms with van der Waals surface area (Å²) in [4.78, 5) is 23.6. The number of amides is 2. The van der Waals surface area contributed by atoms with E-state index in [1.165, 1.54) is 6.26 Å². The Balaban J connectivity index is 1.62. The molecule has 2 N–H and O–H groups in total. The molecule has 0 radical (unpaired) electrons. The Morgan fingerprint density at radius 3 is 2.83 bits per heavy atom. The van der Waals surface area contributed by atoms with Gasteiger partial charge in [0.2, 0.25) is 5.91 Å². The van der Waals surface area contributed by atoms with Crippen molar-refractivity contribution in [2.24, 2.45) is 5.41 Å². The van der Waals surface area contributed by atoms with E-state index in [4.69, 9.17) is 9.15 Å². The van der Waals surface area contributed by atoms with Gasteiger partial charge in [0.1, 0.15) is 0 Å². The van der Waals surface area contributed by atoms with Crippen molar-refractivity contribution >= 4 is 11.8 Å². The minimum Gasteiger partial charge on any atom is -0.459 e. The molecule has 0 saturated heterocycles. The van der Waals surface area contributed by atoms with Gasteiger partial charge in [0.15, 0.2) is 5.76 Å². The van der Waals surface area contributed by atoms with E-state index in [0.717, 1.165) is 6.42 Å². The van der Waals surface area contributed by atoms with Gasteiger partial charge in [-0.25, -0.2) is 0 Å². The molecule has 1 aliphatic carbocycles. The van der Waals surface area contributed by atoms with E-state index in [-0.39, 0.29) is 35.1 Å². The molecule has 6 nitrogen and oxygen atoms in total. The molecule has 1 aliphatic rings. The second-order valence-corrected chi connectivity index (χ2v) is 6.46. The van der Waals surface area contributed by atoms with E-state index in [1.54, 1.807) is 12.1 Å². The quantitative estimate of drug-likeness (QED) is 0.718. The highest BCUT2D eigenvalue weighted by atomic mass is 16.5. The van der Waals surface area contributed by atoms with Crippen molar-refractivity contribution in [1.82, 2.24) is 10.6 Å². The SMILES string of the molecule is CCO[C@@H]1C[C@@H](NC(=O)CCCNC(=O)c2ccco2)C1(C)C. The van der Waals surface area contributed by atoms with Crippen LogP contribution in [0.2, 0.25) is 0 Å². The van der Waals surface area contributed by atoms with E-state index in [0.29, 0.717) is 26.0 Å². The van der Waals surface area contributed by atoms with Crippen LogP contribution in [0.25, 0.3) is 0 Å². The first-order valence-corrected chi connectivity index (χ1v) is 8.17. The van der Waals surface area contributed by atoms with Gasteiger partial charge >= 0.3 is 0 Å². The lowest BCUT2D eigenvalue weighted by Gasteiger charge is -2.51. The minimum atomic E-state index is -0.255. The van der Waals surface area contributed by atoms with Crippen LogP contribution >= 0.6 is 0 Å². The van der Waals surface area contributed by atoms with Gasteiger partial charge in [0, 0.05) is 31.0 Å². The zero-order valence-electron chi connectivity index (χ0n) is 14.1. The third-order valence-corrected chi connectivity index (χ3v) is 4.49. The van der Waals surface area contributed by atoms with Crippen molar-refractivity contribution in [2.75, 3.05) is 13.2 Å². The molecule has 1 saturated carbocycles. The first-order chi connectivity index (χ1) is 10.9. The summed E-state index contributed by atoms with van der Waals surface area (Å²) in [5.41, 5.74) is -0.0286. The van der Waals surface area contributed by atoms with Crippen molar-refractivity contribution in [3.8, 4) is 0 Å². The molecule has 0 aliphatic heterocycles. The van der Waals surface area contributed by atoms with E-state index < -0.39 is 0 Å². The number of carbonyl (C=O) groups excluding carboxylic acids is 2. The first-order valence-electron chi connectivity index (χ1n) is 8.17. The monoisotopic (exact) mass is 322 g/mol. The third kappa shape index (κ3) is 4.34. The Bertz CT molecular complexity index is 525. The molecule has 2 atom stereocenters. The maximum Gasteiger partial charge on any atom is 0.286 e. The summed E-state index contributed by atoms with van der Waals surface area (Å²) >= 11 is 0. The van der Waals surface area contributed by atoms with E-state index in [1.807, 2.05) is 6.92 Å².